The summed E-state index contributed by atoms with van der Waals surface area (Å²) < 4.78 is 5.73. The zero-order chi connectivity index (χ0) is 17.2. The summed E-state index contributed by atoms with van der Waals surface area (Å²) in [7, 11) is 0. The van der Waals surface area contributed by atoms with E-state index in [1.54, 1.807) is 0 Å². The van der Waals surface area contributed by atoms with Crippen molar-refractivity contribution < 1.29 is 9.53 Å². The Morgan fingerprint density at radius 1 is 1.23 bits per heavy atom. The molecule has 0 spiro atoms. The molecule has 2 aromatic rings. The highest BCUT2D eigenvalue weighted by molar-refractivity contribution is 6.30. The number of benzene rings is 2. The van der Waals surface area contributed by atoms with E-state index in [1.807, 2.05) is 18.2 Å². The molecule has 0 aliphatic carbocycles. The first-order valence-corrected chi connectivity index (χ1v) is 9.08. The molecule has 2 heterocycles. The molecule has 2 N–H and O–H groups in total. The quantitative estimate of drug-likeness (QED) is 0.841. The van der Waals surface area contributed by atoms with Crippen LogP contribution in [0.5, 0.6) is 5.75 Å². The Balaban J connectivity index is 0.00000196. The van der Waals surface area contributed by atoms with E-state index < -0.39 is 0 Å². The summed E-state index contributed by atoms with van der Waals surface area (Å²) in [6.07, 6.45) is 1.70. The van der Waals surface area contributed by atoms with Crippen molar-refractivity contribution in [3.63, 3.8) is 0 Å². The van der Waals surface area contributed by atoms with E-state index in [1.165, 1.54) is 11.1 Å². The smallest absolute Gasteiger partial charge is 0.226 e. The van der Waals surface area contributed by atoms with Gasteiger partial charge in [0, 0.05) is 17.6 Å². The van der Waals surface area contributed by atoms with Gasteiger partial charge in [0.1, 0.15) is 12.4 Å². The first-order valence-electron chi connectivity index (χ1n) is 8.71. The molecule has 0 bridgehead atoms. The number of halogens is 2. The van der Waals surface area contributed by atoms with Crippen molar-refractivity contribution in [3.05, 3.63) is 64.2 Å². The van der Waals surface area contributed by atoms with Crippen LogP contribution in [0.4, 0.5) is 0 Å². The number of hydrogen-bond acceptors (Lipinski definition) is 3. The van der Waals surface area contributed by atoms with Gasteiger partial charge in [-0.15, -0.1) is 12.4 Å². The Morgan fingerprint density at radius 3 is 2.96 bits per heavy atom. The summed E-state index contributed by atoms with van der Waals surface area (Å²) in [5, 5.41) is 7.26. The van der Waals surface area contributed by atoms with E-state index in [0.29, 0.717) is 24.6 Å². The number of ether oxygens (including phenoxy) is 1. The third kappa shape index (κ3) is 3.98. The molecule has 0 saturated carbocycles. The van der Waals surface area contributed by atoms with Crippen molar-refractivity contribution >= 4 is 29.9 Å². The molecule has 2 unspecified atom stereocenters. The number of nitrogens with one attached hydrogen (secondary N) is 2. The van der Waals surface area contributed by atoms with Gasteiger partial charge in [-0.3, -0.25) is 4.79 Å². The molecule has 4 nitrogen and oxygen atoms in total. The lowest BCUT2D eigenvalue weighted by atomic mass is 9.93. The fourth-order valence-electron chi connectivity index (χ4n) is 3.65. The van der Waals surface area contributed by atoms with Gasteiger partial charge in [-0.2, -0.15) is 0 Å². The summed E-state index contributed by atoms with van der Waals surface area (Å²) in [4.78, 5) is 12.6. The Labute approximate surface area is 164 Å². The molecule has 0 radical (unpaired) electrons. The molecule has 0 aromatic heterocycles. The Hall–Kier alpha value is -1.75. The first-order chi connectivity index (χ1) is 12.2. The fourth-order valence-corrected chi connectivity index (χ4v) is 3.85. The average Bonchev–Trinajstić information content (AvgIpc) is 2.65. The summed E-state index contributed by atoms with van der Waals surface area (Å²) in [5.74, 6) is 0.691. The van der Waals surface area contributed by atoms with Gasteiger partial charge >= 0.3 is 0 Å². The van der Waals surface area contributed by atoms with Gasteiger partial charge < -0.3 is 15.4 Å². The minimum Gasteiger partial charge on any atom is -0.492 e. The normalized spacial score (nSPS) is 20.8. The predicted octanol–water partition coefficient (Wildman–Crippen LogP) is 3.32. The molecule has 0 fully saturated rings. The molecule has 2 aromatic carbocycles. The lowest BCUT2D eigenvalue weighted by Crippen LogP contribution is -2.43. The van der Waals surface area contributed by atoms with Gasteiger partial charge in [0.05, 0.1) is 5.92 Å². The van der Waals surface area contributed by atoms with Gasteiger partial charge in [-0.1, -0.05) is 35.9 Å². The highest BCUT2D eigenvalue weighted by Gasteiger charge is 2.27. The fraction of sp³-hybridized carbons (Fsp3) is 0.350. The van der Waals surface area contributed by atoms with Crippen LogP contribution in [0.1, 0.15) is 22.7 Å². The lowest BCUT2D eigenvalue weighted by molar-refractivity contribution is -0.126. The van der Waals surface area contributed by atoms with Crippen molar-refractivity contribution in [2.24, 2.45) is 5.92 Å². The molecule has 2 aliphatic rings. The number of rotatable bonds is 3. The predicted molar refractivity (Wildman–Crippen MR) is 105 cm³/mol. The van der Waals surface area contributed by atoms with Crippen LogP contribution >= 0.6 is 24.0 Å². The zero-order valence-corrected chi connectivity index (χ0v) is 15.9. The highest BCUT2D eigenvalue weighted by atomic mass is 35.5. The van der Waals surface area contributed by atoms with Crippen molar-refractivity contribution in [3.8, 4) is 5.75 Å². The van der Waals surface area contributed by atoms with E-state index in [2.05, 4.69) is 34.9 Å². The SMILES string of the molecule is Cl.O=C(NCC1NCCc2ccccc21)C1COc2ccc(Cl)cc2C1. The van der Waals surface area contributed by atoms with E-state index in [4.69, 9.17) is 16.3 Å². The van der Waals surface area contributed by atoms with E-state index in [-0.39, 0.29) is 30.3 Å². The molecular formula is C20H22Cl2N2O2. The van der Waals surface area contributed by atoms with Crippen molar-refractivity contribution in [2.75, 3.05) is 19.7 Å². The van der Waals surface area contributed by atoms with Crippen molar-refractivity contribution in [1.82, 2.24) is 10.6 Å². The summed E-state index contributed by atoms with van der Waals surface area (Å²) in [6, 6.07) is 14.2. The van der Waals surface area contributed by atoms with Gasteiger partial charge in [-0.25, -0.2) is 0 Å². The monoisotopic (exact) mass is 392 g/mol. The molecule has 0 saturated heterocycles. The van der Waals surface area contributed by atoms with Crippen LogP contribution < -0.4 is 15.4 Å². The van der Waals surface area contributed by atoms with Crippen molar-refractivity contribution in [2.45, 2.75) is 18.9 Å². The standard InChI is InChI=1S/C20H21ClN2O2.ClH/c21-16-5-6-19-14(10-16)9-15(12-25-19)20(24)23-11-18-17-4-2-1-3-13(17)7-8-22-18;/h1-6,10,15,18,22H,7-9,11-12H2,(H,23,24);1H. The molecule has 2 atom stereocenters. The van der Waals surface area contributed by atoms with E-state index in [0.717, 1.165) is 24.3 Å². The van der Waals surface area contributed by atoms with Crippen LogP contribution in [0.2, 0.25) is 5.02 Å². The zero-order valence-electron chi connectivity index (χ0n) is 14.3. The van der Waals surface area contributed by atoms with Gasteiger partial charge in [0.25, 0.3) is 0 Å². The number of carbonyl (C=O) groups excluding carboxylic acids is 1. The second-order valence-corrected chi connectivity index (χ2v) is 7.10. The molecule has 6 heteroatoms. The molecular weight excluding hydrogens is 371 g/mol. The second-order valence-electron chi connectivity index (χ2n) is 6.66. The van der Waals surface area contributed by atoms with Crippen LogP contribution in [-0.2, 0) is 17.6 Å². The number of fused-ring (bicyclic) bond motifs is 2. The largest absolute Gasteiger partial charge is 0.492 e. The molecule has 26 heavy (non-hydrogen) atoms. The summed E-state index contributed by atoms with van der Waals surface area (Å²) in [6.45, 7) is 1.94. The third-order valence-corrected chi connectivity index (χ3v) is 5.23. The maximum Gasteiger partial charge on any atom is 0.226 e. The Morgan fingerprint density at radius 2 is 2.08 bits per heavy atom. The molecule has 1 amide bonds. The summed E-state index contributed by atoms with van der Waals surface area (Å²) in [5.41, 5.74) is 3.65. The van der Waals surface area contributed by atoms with Crippen LogP contribution in [0.25, 0.3) is 0 Å². The Bertz CT molecular complexity index is 797. The molecule has 4 rings (SSSR count). The van der Waals surface area contributed by atoms with Crippen LogP contribution in [0.15, 0.2) is 42.5 Å². The lowest BCUT2D eigenvalue weighted by Gasteiger charge is -2.29. The third-order valence-electron chi connectivity index (χ3n) is 5.00. The van der Waals surface area contributed by atoms with Crippen LogP contribution in [-0.4, -0.2) is 25.6 Å². The van der Waals surface area contributed by atoms with Crippen LogP contribution in [0.3, 0.4) is 0 Å². The topological polar surface area (TPSA) is 50.4 Å². The average molecular weight is 393 g/mol. The second kappa shape index (κ2) is 8.30. The molecule has 2 aliphatic heterocycles. The van der Waals surface area contributed by atoms with E-state index >= 15 is 0 Å². The molecule has 138 valence electrons. The maximum atomic E-state index is 12.6. The first kappa shape index (κ1) is 19.0. The number of hydrogen-bond donors (Lipinski definition) is 2. The summed E-state index contributed by atoms with van der Waals surface area (Å²) >= 11 is 6.05. The minimum atomic E-state index is -0.176. The van der Waals surface area contributed by atoms with Gasteiger partial charge in [0.2, 0.25) is 5.91 Å². The number of carbonyl (C=O) groups is 1. The maximum absolute atomic E-state index is 12.6. The van der Waals surface area contributed by atoms with Gasteiger partial charge in [0.15, 0.2) is 0 Å². The Kier molecular flexibility index (Phi) is 6.07. The van der Waals surface area contributed by atoms with Gasteiger partial charge in [-0.05, 0) is 54.3 Å². The van der Waals surface area contributed by atoms with Crippen molar-refractivity contribution in [1.29, 1.82) is 0 Å². The minimum absolute atomic E-state index is 0. The number of amides is 1. The van der Waals surface area contributed by atoms with E-state index in [9.17, 15) is 4.79 Å². The van der Waals surface area contributed by atoms with Crippen LogP contribution in [0, 0.1) is 5.92 Å². The highest BCUT2D eigenvalue weighted by Crippen LogP contribution is 2.30.